The molecule has 0 aliphatic heterocycles. The highest BCUT2D eigenvalue weighted by molar-refractivity contribution is 5.33. The molecule has 2 aromatic rings. The number of aromatic nitrogens is 1. The van der Waals surface area contributed by atoms with Crippen molar-refractivity contribution in [1.29, 1.82) is 5.26 Å². The van der Waals surface area contributed by atoms with Crippen LogP contribution in [-0.2, 0) is 13.1 Å². The van der Waals surface area contributed by atoms with E-state index in [2.05, 4.69) is 10.3 Å². The number of nitriles is 1. The number of nitrogens with zero attached hydrogens (tertiary/aromatic N) is 2. The van der Waals surface area contributed by atoms with Crippen LogP contribution in [0, 0.1) is 17.1 Å². The fourth-order valence-electron chi connectivity index (χ4n) is 1.67. The van der Waals surface area contributed by atoms with Crippen molar-refractivity contribution in [1.82, 2.24) is 10.3 Å². The predicted molar refractivity (Wildman–Crippen MR) is 65.9 cm³/mol. The molecule has 1 aromatic carbocycles. The van der Waals surface area contributed by atoms with E-state index in [1.807, 2.05) is 18.2 Å². The van der Waals surface area contributed by atoms with Crippen LogP contribution in [0.2, 0.25) is 0 Å². The van der Waals surface area contributed by atoms with Gasteiger partial charge >= 0.3 is 0 Å². The van der Waals surface area contributed by atoms with Crippen LogP contribution in [0.3, 0.4) is 0 Å². The molecule has 0 atom stereocenters. The Morgan fingerprint density at radius 2 is 1.83 bits per heavy atom. The van der Waals surface area contributed by atoms with Gasteiger partial charge in [0.25, 0.3) is 0 Å². The van der Waals surface area contributed by atoms with Gasteiger partial charge < -0.3 is 5.32 Å². The molecule has 1 N–H and O–H groups in total. The summed E-state index contributed by atoms with van der Waals surface area (Å²) in [4.78, 5) is 3.93. The number of nitrogens with one attached hydrogen (secondary N) is 1. The van der Waals surface area contributed by atoms with Crippen LogP contribution in [0.25, 0.3) is 0 Å². The van der Waals surface area contributed by atoms with Crippen LogP contribution in [0.5, 0.6) is 0 Å². The molecule has 0 saturated carbocycles. The van der Waals surface area contributed by atoms with E-state index in [4.69, 9.17) is 5.26 Å². The Kier molecular flexibility index (Phi) is 4.00. The van der Waals surface area contributed by atoms with E-state index in [0.717, 1.165) is 11.1 Å². The molecule has 1 heterocycles. The molecule has 4 heteroatoms. The summed E-state index contributed by atoms with van der Waals surface area (Å²) in [6, 6.07) is 10.1. The van der Waals surface area contributed by atoms with Crippen molar-refractivity contribution in [3.05, 3.63) is 65.2 Å². The monoisotopic (exact) mass is 241 g/mol. The number of hydrogen-bond donors (Lipinski definition) is 1. The van der Waals surface area contributed by atoms with Gasteiger partial charge in [0.05, 0.1) is 11.6 Å². The maximum atomic E-state index is 13.2. The average Bonchev–Trinajstić information content (AvgIpc) is 2.39. The predicted octanol–water partition coefficient (Wildman–Crippen LogP) is 2.38. The van der Waals surface area contributed by atoms with Crippen molar-refractivity contribution in [3.8, 4) is 6.07 Å². The number of benzene rings is 1. The summed E-state index contributed by atoms with van der Waals surface area (Å²) in [5.41, 5.74) is 2.22. The van der Waals surface area contributed by atoms with Gasteiger partial charge in [0.1, 0.15) is 5.82 Å². The Morgan fingerprint density at radius 3 is 2.56 bits per heavy atom. The van der Waals surface area contributed by atoms with Gasteiger partial charge in [-0.2, -0.15) is 5.26 Å². The average molecular weight is 241 g/mol. The zero-order valence-electron chi connectivity index (χ0n) is 9.73. The number of rotatable bonds is 4. The molecule has 0 unspecified atom stereocenters. The lowest BCUT2D eigenvalue weighted by molar-refractivity contribution is 0.619. The second-order valence-corrected chi connectivity index (χ2v) is 3.92. The van der Waals surface area contributed by atoms with E-state index in [1.165, 1.54) is 12.1 Å². The summed E-state index contributed by atoms with van der Waals surface area (Å²) in [5, 5.41) is 11.9. The standard InChI is InChI=1S/C14H12FN3/c15-14-6-12(8-16)5-13(7-14)10-18-9-11-1-3-17-4-2-11/h1-7,18H,9-10H2. The van der Waals surface area contributed by atoms with E-state index in [1.54, 1.807) is 18.5 Å². The van der Waals surface area contributed by atoms with E-state index in [0.29, 0.717) is 18.7 Å². The summed E-state index contributed by atoms with van der Waals surface area (Å²) in [6.07, 6.45) is 3.46. The maximum Gasteiger partial charge on any atom is 0.124 e. The molecule has 0 saturated heterocycles. The second-order valence-electron chi connectivity index (χ2n) is 3.92. The highest BCUT2D eigenvalue weighted by Crippen LogP contribution is 2.08. The lowest BCUT2D eigenvalue weighted by Gasteiger charge is -2.05. The van der Waals surface area contributed by atoms with E-state index in [-0.39, 0.29) is 5.82 Å². The van der Waals surface area contributed by atoms with Crippen molar-refractivity contribution in [3.63, 3.8) is 0 Å². The fourth-order valence-corrected chi connectivity index (χ4v) is 1.67. The third kappa shape index (κ3) is 3.37. The zero-order chi connectivity index (χ0) is 12.8. The Balaban J connectivity index is 1.95. The molecule has 3 nitrogen and oxygen atoms in total. The molecule has 0 bridgehead atoms. The molecule has 1 aromatic heterocycles. The zero-order valence-corrected chi connectivity index (χ0v) is 9.73. The van der Waals surface area contributed by atoms with Crippen LogP contribution >= 0.6 is 0 Å². The first kappa shape index (κ1) is 12.2. The van der Waals surface area contributed by atoms with Gasteiger partial charge in [-0.05, 0) is 41.5 Å². The Bertz CT molecular complexity index is 561. The lowest BCUT2D eigenvalue weighted by Crippen LogP contribution is -2.12. The minimum absolute atomic E-state index is 0.343. The van der Waals surface area contributed by atoms with Crippen LogP contribution in [0.4, 0.5) is 4.39 Å². The topological polar surface area (TPSA) is 48.7 Å². The SMILES string of the molecule is N#Cc1cc(F)cc(CNCc2ccncc2)c1. The third-order valence-corrected chi connectivity index (χ3v) is 2.49. The molecular weight excluding hydrogens is 229 g/mol. The highest BCUT2D eigenvalue weighted by atomic mass is 19.1. The molecule has 0 aliphatic rings. The van der Waals surface area contributed by atoms with Crippen molar-refractivity contribution >= 4 is 0 Å². The van der Waals surface area contributed by atoms with Gasteiger partial charge in [0, 0.05) is 25.5 Å². The highest BCUT2D eigenvalue weighted by Gasteiger charge is 2.00. The Morgan fingerprint density at radius 1 is 1.11 bits per heavy atom. The van der Waals surface area contributed by atoms with Crippen molar-refractivity contribution < 1.29 is 4.39 Å². The molecule has 0 spiro atoms. The molecular formula is C14H12FN3. The molecule has 0 radical (unpaired) electrons. The van der Waals surface area contributed by atoms with Gasteiger partial charge in [-0.15, -0.1) is 0 Å². The molecule has 18 heavy (non-hydrogen) atoms. The summed E-state index contributed by atoms with van der Waals surface area (Å²) in [6.45, 7) is 1.20. The first-order valence-corrected chi connectivity index (χ1v) is 5.57. The number of halogens is 1. The fraction of sp³-hybridized carbons (Fsp3) is 0.143. The third-order valence-electron chi connectivity index (χ3n) is 2.49. The molecule has 90 valence electrons. The first-order valence-electron chi connectivity index (χ1n) is 5.57. The van der Waals surface area contributed by atoms with Crippen LogP contribution < -0.4 is 5.32 Å². The summed E-state index contributed by atoms with van der Waals surface area (Å²) in [7, 11) is 0. The van der Waals surface area contributed by atoms with Gasteiger partial charge in [0.2, 0.25) is 0 Å². The maximum absolute atomic E-state index is 13.2. The Hall–Kier alpha value is -2.25. The number of hydrogen-bond acceptors (Lipinski definition) is 3. The summed E-state index contributed by atoms with van der Waals surface area (Å²) in [5.74, 6) is -0.380. The normalized spacial score (nSPS) is 10.0. The van der Waals surface area contributed by atoms with Crippen LogP contribution in [0.1, 0.15) is 16.7 Å². The second kappa shape index (κ2) is 5.89. The van der Waals surface area contributed by atoms with Gasteiger partial charge in [-0.25, -0.2) is 4.39 Å². The van der Waals surface area contributed by atoms with Gasteiger partial charge in [-0.1, -0.05) is 0 Å². The lowest BCUT2D eigenvalue weighted by atomic mass is 10.1. The van der Waals surface area contributed by atoms with Crippen molar-refractivity contribution in [2.24, 2.45) is 0 Å². The Labute approximate surface area is 105 Å². The molecule has 0 amide bonds. The van der Waals surface area contributed by atoms with Gasteiger partial charge in [-0.3, -0.25) is 4.98 Å². The molecule has 0 fully saturated rings. The quantitative estimate of drug-likeness (QED) is 0.894. The van der Waals surface area contributed by atoms with Crippen LogP contribution in [0.15, 0.2) is 42.7 Å². The number of pyridine rings is 1. The van der Waals surface area contributed by atoms with E-state index in [9.17, 15) is 4.39 Å². The van der Waals surface area contributed by atoms with Gasteiger partial charge in [0.15, 0.2) is 0 Å². The van der Waals surface area contributed by atoms with E-state index >= 15 is 0 Å². The summed E-state index contributed by atoms with van der Waals surface area (Å²) < 4.78 is 13.2. The van der Waals surface area contributed by atoms with Crippen molar-refractivity contribution in [2.75, 3.05) is 0 Å². The minimum atomic E-state index is -0.380. The largest absolute Gasteiger partial charge is 0.309 e. The summed E-state index contributed by atoms with van der Waals surface area (Å²) >= 11 is 0. The van der Waals surface area contributed by atoms with E-state index < -0.39 is 0 Å². The molecule has 0 aliphatic carbocycles. The van der Waals surface area contributed by atoms with Crippen molar-refractivity contribution in [2.45, 2.75) is 13.1 Å². The van der Waals surface area contributed by atoms with Crippen LogP contribution in [-0.4, -0.2) is 4.98 Å². The first-order chi connectivity index (χ1) is 8.78. The molecule has 2 rings (SSSR count). The smallest absolute Gasteiger partial charge is 0.124 e. The minimum Gasteiger partial charge on any atom is -0.309 e.